The fourth-order valence-electron chi connectivity index (χ4n) is 2.70. The second kappa shape index (κ2) is 6.73. The smallest absolute Gasteiger partial charge is 0.328 e. The molecule has 5 heteroatoms. The van der Waals surface area contributed by atoms with E-state index < -0.39 is 20.3 Å². The highest BCUT2D eigenvalue weighted by atomic mass is 28.4. The molecule has 0 atom stereocenters. The first-order valence-corrected chi connectivity index (χ1v) is 8.42. The summed E-state index contributed by atoms with van der Waals surface area (Å²) < 4.78 is 5.72. The third-order valence-corrected chi connectivity index (χ3v) is 9.32. The molecule has 0 radical (unpaired) electrons. The van der Waals surface area contributed by atoms with Gasteiger partial charge in [-0.1, -0.05) is 41.5 Å². The fraction of sp³-hybridized carbons (Fsp3) is 0.692. The van der Waals surface area contributed by atoms with Gasteiger partial charge in [-0.2, -0.15) is 0 Å². The van der Waals surface area contributed by atoms with E-state index in [2.05, 4.69) is 41.5 Å². The summed E-state index contributed by atoms with van der Waals surface area (Å²) >= 11 is 0. The highest BCUT2D eigenvalue weighted by Crippen LogP contribution is 2.42. The SMILES string of the molecule is CC(C)[Si](OC(=O)/C=C\C(=O)O)(C(C)C)C(C)C. The van der Waals surface area contributed by atoms with Crippen LogP contribution in [-0.4, -0.2) is 25.4 Å². The molecule has 1 N–H and O–H groups in total. The lowest BCUT2D eigenvalue weighted by molar-refractivity contribution is -0.133. The van der Waals surface area contributed by atoms with E-state index >= 15 is 0 Å². The zero-order valence-corrected chi connectivity index (χ0v) is 13.1. The van der Waals surface area contributed by atoms with Crippen LogP contribution in [0.1, 0.15) is 41.5 Å². The Morgan fingerprint density at radius 2 is 1.33 bits per heavy atom. The number of carbonyl (C=O) groups excluding carboxylic acids is 1. The van der Waals surface area contributed by atoms with E-state index in [0.29, 0.717) is 16.6 Å². The second-order valence-electron chi connectivity index (χ2n) is 5.41. The Morgan fingerprint density at radius 1 is 0.944 bits per heavy atom. The normalized spacial score (nSPS) is 12.7. The molecule has 0 aromatic carbocycles. The van der Waals surface area contributed by atoms with Gasteiger partial charge in [0, 0.05) is 12.2 Å². The Bertz CT molecular complexity index is 310. The molecule has 0 spiro atoms. The number of hydrogen-bond donors (Lipinski definition) is 1. The van der Waals surface area contributed by atoms with E-state index in [-0.39, 0.29) is 0 Å². The van der Waals surface area contributed by atoms with Gasteiger partial charge in [-0.15, -0.1) is 0 Å². The van der Waals surface area contributed by atoms with Crippen LogP contribution in [0.4, 0.5) is 0 Å². The zero-order valence-electron chi connectivity index (χ0n) is 12.1. The molecule has 0 fully saturated rings. The number of carboxylic acid groups (broad SMARTS) is 1. The summed E-state index contributed by atoms with van der Waals surface area (Å²) in [7, 11) is -2.26. The topological polar surface area (TPSA) is 63.6 Å². The molecular weight excluding hydrogens is 248 g/mol. The lowest BCUT2D eigenvalue weighted by Gasteiger charge is -2.40. The highest BCUT2D eigenvalue weighted by molar-refractivity contribution is 6.79. The highest BCUT2D eigenvalue weighted by Gasteiger charge is 2.47. The molecule has 0 bridgehead atoms. The molecule has 0 aromatic rings. The van der Waals surface area contributed by atoms with Crippen molar-refractivity contribution in [2.45, 2.75) is 58.2 Å². The third kappa shape index (κ3) is 3.98. The summed E-state index contributed by atoms with van der Waals surface area (Å²) in [5.74, 6) is -1.68. The summed E-state index contributed by atoms with van der Waals surface area (Å²) in [6.07, 6.45) is 1.82. The van der Waals surface area contributed by atoms with Gasteiger partial charge in [0.05, 0.1) is 0 Å². The van der Waals surface area contributed by atoms with E-state index in [4.69, 9.17) is 9.53 Å². The predicted molar refractivity (Wildman–Crippen MR) is 73.9 cm³/mol. The number of aliphatic carboxylic acids is 1. The van der Waals surface area contributed by atoms with Crippen LogP contribution < -0.4 is 0 Å². The van der Waals surface area contributed by atoms with Crippen molar-refractivity contribution >= 4 is 20.3 Å². The third-order valence-electron chi connectivity index (χ3n) is 3.35. The minimum atomic E-state index is -2.26. The predicted octanol–water partition coefficient (Wildman–Crippen LogP) is 3.35. The summed E-state index contributed by atoms with van der Waals surface area (Å²) in [5, 5.41) is 8.50. The van der Waals surface area contributed by atoms with Gasteiger partial charge in [-0.3, -0.25) is 0 Å². The Morgan fingerprint density at radius 3 is 1.61 bits per heavy atom. The number of carbonyl (C=O) groups is 2. The number of carboxylic acids is 1. The average Bonchev–Trinajstić information content (AvgIpc) is 2.21. The number of hydrogen-bond acceptors (Lipinski definition) is 3. The molecule has 0 unspecified atom stereocenters. The van der Waals surface area contributed by atoms with Crippen molar-refractivity contribution in [1.82, 2.24) is 0 Å². The average molecular weight is 272 g/mol. The molecule has 104 valence electrons. The summed E-state index contributed by atoms with van der Waals surface area (Å²) in [6.45, 7) is 12.4. The Labute approximate surface area is 110 Å². The molecule has 0 aliphatic carbocycles. The quantitative estimate of drug-likeness (QED) is 0.595. The van der Waals surface area contributed by atoms with E-state index in [1.807, 2.05) is 0 Å². The molecule has 0 rings (SSSR count). The Balaban J connectivity index is 5.13. The largest absolute Gasteiger partial charge is 0.515 e. The van der Waals surface area contributed by atoms with Gasteiger partial charge in [-0.05, 0) is 16.6 Å². The van der Waals surface area contributed by atoms with Gasteiger partial charge in [-0.25, -0.2) is 9.59 Å². The molecule has 4 nitrogen and oxygen atoms in total. The summed E-state index contributed by atoms with van der Waals surface area (Å²) in [5.41, 5.74) is 0.874. The number of rotatable bonds is 6. The lowest BCUT2D eigenvalue weighted by atomic mass is 10.5. The van der Waals surface area contributed by atoms with Crippen LogP contribution in [0.3, 0.4) is 0 Å². The minimum absolute atomic E-state index is 0.291. The monoisotopic (exact) mass is 272 g/mol. The summed E-state index contributed by atoms with van der Waals surface area (Å²) in [6, 6.07) is 0. The van der Waals surface area contributed by atoms with E-state index in [9.17, 15) is 9.59 Å². The minimum Gasteiger partial charge on any atom is -0.515 e. The second-order valence-corrected chi connectivity index (χ2v) is 10.8. The molecule has 0 aromatic heterocycles. The Hall–Kier alpha value is -1.10. The van der Waals surface area contributed by atoms with Gasteiger partial charge < -0.3 is 9.53 Å². The summed E-state index contributed by atoms with van der Waals surface area (Å²) in [4.78, 5) is 22.1. The van der Waals surface area contributed by atoms with Crippen molar-refractivity contribution < 1.29 is 19.1 Å². The van der Waals surface area contributed by atoms with E-state index in [0.717, 1.165) is 12.2 Å². The van der Waals surface area contributed by atoms with Crippen LogP contribution in [0, 0.1) is 0 Å². The molecule has 0 aliphatic rings. The van der Waals surface area contributed by atoms with Gasteiger partial charge in [0.2, 0.25) is 0 Å². The first-order valence-electron chi connectivity index (χ1n) is 6.28. The molecule has 0 saturated heterocycles. The van der Waals surface area contributed by atoms with Crippen molar-refractivity contribution in [3.63, 3.8) is 0 Å². The fourth-order valence-corrected chi connectivity index (χ4v) is 7.82. The maximum atomic E-state index is 11.7. The van der Waals surface area contributed by atoms with Crippen LogP contribution in [0.15, 0.2) is 12.2 Å². The molecule has 0 aliphatic heterocycles. The molecule has 0 heterocycles. The van der Waals surface area contributed by atoms with Gasteiger partial charge in [0.15, 0.2) is 0 Å². The van der Waals surface area contributed by atoms with Crippen molar-refractivity contribution in [3.05, 3.63) is 12.2 Å². The first kappa shape index (κ1) is 16.9. The van der Waals surface area contributed by atoms with Gasteiger partial charge in [0.1, 0.15) is 0 Å². The van der Waals surface area contributed by atoms with Crippen LogP contribution in [0.5, 0.6) is 0 Å². The van der Waals surface area contributed by atoms with Gasteiger partial charge in [0.25, 0.3) is 8.32 Å². The molecular formula is C13H24O4Si. The Kier molecular flexibility index (Phi) is 6.32. The zero-order chi connectivity index (χ0) is 14.5. The van der Waals surface area contributed by atoms with Crippen LogP contribution in [0.25, 0.3) is 0 Å². The maximum absolute atomic E-state index is 11.7. The maximum Gasteiger partial charge on any atom is 0.328 e. The standard InChI is InChI=1S/C13H24O4Si/c1-9(2)18(10(3)4,11(5)6)17-13(16)8-7-12(14)15/h7-11H,1-6H3,(H,14,15)/b8-7-. The van der Waals surface area contributed by atoms with Crippen molar-refractivity contribution in [2.75, 3.05) is 0 Å². The van der Waals surface area contributed by atoms with Crippen LogP contribution in [-0.2, 0) is 14.0 Å². The molecule has 0 saturated carbocycles. The van der Waals surface area contributed by atoms with E-state index in [1.54, 1.807) is 0 Å². The molecule has 18 heavy (non-hydrogen) atoms. The van der Waals surface area contributed by atoms with Crippen LogP contribution in [0.2, 0.25) is 16.6 Å². The van der Waals surface area contributed by atoms with Crippen LogP contribution >= 0.6 is 0 Å². The first-order chi connectivity index (χ1) is 8.14. The van der Waals surface area contributed by atoms with Gasteiger partial charge >= 0.3 is 11.9 Å². The lowest BCUT2D eigenvalue weighted by Crippen LogP contribution is -2.49. The van der Waals surface area contributed by atoms with E-state index in [1.165, 1.54) is 0 Å². The van der Waals surface area contributed by atoms with Crippen molar-refractivity contribution in [2.24, 2.45) is 0 Å². The molecule has 0 amide bonds. The van der Waals surface area contributed by atoms with Crippen molar-refractivity contribution in [1.29, 1.82) is 0 Å². The van der Waals surface area contributed by atoms with Crippen molar-refractivity contribution in [3.8, 4) is 0 Å².